The van der Waals surface area contributed by atoms with Gasteiger partial charge in [-0.3, -0.25) is 9.59 Å². The van der Waals surface area contributed by atoms with Crippen molar-refractivity contribution >= 4 is 17.5 Å². The van der Waals surface area contributed by atoms with Crippen LogP contribution < -0.4 is 5.32 Å². The lowest BCUT2D eigenvalue weighted by Gasteiger charge is -2.29. The van der Waals surface area contributed by atoms with Crippen molar-refractivity contribution in [3.05, 3.63) is 65.2 Å². The molecule has 0 bridgehead atoms. The minimum absolute atomic E-state index is 0.0519. The second kappa shape index (κ2) is 8.78. The molecule has 2 aromatic rings. The molecule has 0 unspecified atom stereocenters. The molecule has 154 valence electrons. The van der Waals surface area contributed by atoms with Crippen LogP contribution in [-0.4, -0.2) is 41.0 Å². The summed E-state index contributed by atoms with van der Waals surface area (Å²) < 4.78 is 0. The van der Waals surface area contributed by atoms with E-state index in [0.29, 0.717) is 43.6 Å². The van der Waals surface area contributed by atoms with E-state index in [0.717, 1.165) is 5.56 Å². The topological polar surface area (TPSA) is 69.6 Å². The van der Waals surface area contributed by atoms with E-state index in [9.17, 15) is 14.7 Å². The monoisotopic (exact) mass is 394 g/mol. The van der Waals surface area contributed by atoms with E-state index in [4.69, 9.17) is 0 Å². The lowest BCUT2D eigenvalue weighted by atomic mass is 9.87. The van der Waals surface area contributed by atoms with E-state index in [2.05, 4.69) is 26.1 Å². The van der Waals surface area contributed by atoms with Crippen molar-refractivity contribution in [2.45, 2.75) is 51.6 Å². The maximum absolute atomic E-state index is 12.5. The standard InChI is InChI=1S/C24H30N2O3/c1-24(2,3)19-8-6-18(7-9-19)23(29)25-20-10-4-17(5-11-20)16-22(28)26-14-12-21(27)13-15-26/h4-11,21,27H,12-16H2,1-3H3,(H,25,29). The quantitative estimate of drug-likeness (QED) is 0.830. The first-order valence-electron chi connectivity index (χ1n) is 10.2. The predicted molar refractivity (Wildman–Crippen MR) is 115 cm³/mol. The number of aliphatic hydroxyl groups excluding tert-OH is 1. The minimum Gasteiger partial charge on any atom is -0.393 e. The molecule has 0 aliphatic carbocycles. The zero-order chi connectivity index (χ0) is 21.0. The molecule has 0 radical (unpaired) electrons. The Balaban J connectivity index is 1.56. The summed E-state index contributed by atoms with van der Waals surface area (Å²) in [6.45, 7) is 7.65. The van der Waals surface area contributed by atoms with Crippen LogP contribution in [0.2, 0.25) is 0 Å². The number of carbonyl (C=O) groups excluding carboxylic acids is 2. The smallest absolute Gasteiger partial charge is 0.255 e. The molecular weight excluding hydrogens is 364 g/mol. The highest BCUT2D eigenvalue weighted by Gasteiger charge is 2.21. The number of aliphatic hydroxyl groups is 1. The third-order valence-corrected chi connectivity index (χ3v) is 5.40. The zero-order valence-electron chi connectivity index (χ0n) is 17.4. The van der Waals surface area contributed by atoms with E-state index >= 15 is 0 Å². The summed E-state index contributed by atoms with van der Waals surface area (Å²) in [5, 5.41) is 12.5. The number of likely N-dealkylation sites (tertiary alicyclic amines) is 1. The van der Waals surface area contributed by atoms with E-state index < -0.39 is 0 Å². The van der Waals surface area contributed by atoms with Crippen LogP contribution in [0.15, 0.2) is 48.5 Å². The summed E-state index contributed by atoms with van der Waals surface area (Å²) in [5.74, 6) is -0.0752. The number of rotatable bonds is 4. The SMILES string of the molecule is CC(C)(C)c1ccc(C(=O)Nc2ccc(CC(=O)N3CCC(O)CC3)cc2)cc1. The van der Waals surface area contributed by atoms with Gasteiger partial charge in [-0.2, -0.15) is 0 Å². The molecule has 29 heavy (non-hydrogen) atoms. The highest BCUT2D eigenvalue weighted by Crippen LogP contribution is 2.22. The zero-order valence-corrected chi connectivity index (χ0v) is 17.4. The Bertz CT molecular complexity index is 843. The number of nitrogens with one attached hydrogen (secondary N) is 1. The summed E-state index contributed by atoms with van der Waals surface area (Å²) in [5.41, 5.74) is 3.47. The van der Waals surface area contributed by atoms with Crippen LogP contribution in [-0.2, 0) is 16.6 Å². The summed E-state index contributed by atoms with van der Waals surface area (Å²) in [4.78, 5) is 26.7. The minimum atomic E-state index is -0.286. The van der Waals surface area contributed by atoms with Crippen molar-refractivity contribution in [3.8, 4) is 0 Å². The number of anilines is 1. The number of amides is 2. The summed E-state index contributed by atoms with van der Waals surface area (Å²) in [7, 11) is 0. The number of carbonyl (C=O) groups is 2. The van der Waals surface area contributed by atoms with Gasteiger partial charge in [-0.1, -0.05) is 45.0 Å². The van der Waals surface area contributed by atoms with Gasteiger partial charge in [-0.25, -0.2) is 0 Å². The van der Waals surface area contributed by atoms with Gasteiger partial charge in [0, 0.05) is 24.3 Å². The second-order valence-electron chi connectivity index (χ2n) is 8.77. The molecule has 1 aliphatic rings. The van der Waals surface area contributed by atoms with Gasteiger partial charge in [0.2, 0.25) is 5.91 Å². The van der Waals surface area contributed by atoms with Crippen LogP contribution >= 0.6 is 0 Å². The fourth-order valence-corrected chi connectivity index (χ4v) is 3.43. The first-order valence-corrected chi connectivity index (χ1v) is 10.2. The maximum Gasteiger partial charge on any atom is 0.255 e. The van der Waals surface area contributed by atoms with Gasteiger partial charge < -0.3 is 15.3 Å². The molecule has 0 saturated carbocycles. The van der Waals surface area contributed by atoms with Crippen LogP contribution in [0, 0.1) is 0 Å². The van der Waals surface area contributed by atoms with Gasteiger partial charge in [-0.15, -0.1) is 0 Å². The van der Waals surface area contributed by atoms with Crippen LogP contribution in [0.25, 0.3) is 0 Å². The average molecular weight is 395 g/mol. The summed E-state index contributed by atoms with van der Waals surface area (Å²) >= 11 is 0. The molecule has 0 aromatic heterocycles. The van der Waals surface area contributed by atoms with Gasteiger partial charge in [-0.05, 0) is 53.6 Å². The van der Waals surface area contributed by atoms with Crippen LogP contribution in [0.4, 0.5) is 5.69 Å². The van der Waals surface area contributed by atoms with Crippen LogP contribution in [0.3, 0.4) is 0 Å². The largest absolute Gasteiger partial charge is 0.393 e. The predicted octanol–water partition coefficient (Wildman–Crippen LogP) is 3.76. The third kappa shape index (κ3) is 5.67. The third-order valence-electron chi connectivity index (χ3n) is 5.40. The normalized spacial score (nSPS) is 15.2. The number of piperidine rings is 1. The molecular formula is C24H30N2O3. The molecule has 3 rings (SSSR count). The molecule has 1 saturated heterocycles. The van der Waals surface area contributed by atoms with E-state index in [1.165, 1.54) is 5.56 Å². The molecule has 0 atom stereocenters. The first-order chi connectivity index (χ1) is 13.7. The Morgan fingerprint density at radius 3 is 2.14 bits per heavy atom. The molecule has 2 amide bonds. The molecule has 1 fully saturated rings. The molecule has 0 spiro atoms. The molecule has 5 heteroatoms. The Kier molecular flexibility index (Phi) is 6.38. The average Bonchev–Trinajstić information content (AvgIpc) is 2.69. The lowest BCUT2D eigenvalue weighted by Crippen LogP contribution is -2.40. The summed E-state index contributed by atoms with van der Waals surface area (Å²) in [6, 6.07) is 15.1. The fraction of sp³-hybridized carbons (Fsp3) is 0.417. The van der Waals surface area contributed by atoms with Crippen molar-refractivity contribution in [1.29, 1.82) is 0 Å². The Hall–Kier alpha value is -2.66. The molecule has 2 aromatic carbocycles. The second-order valence-corrected chi connectivity index (χ2v) is 8.77. The van der Waals surface area contributed by atoms with Gasteiger partial charge in [0.25, 0.3) is 5.91 Å². The molecule has 1 aliphatic heterocycles. The molecule has 1 heterocycles. The van der Waals surface area contributed by atoms with E-state index in [-0.39, 0.29) is 23.3 Å². The van der Waals surface area contributed by atoms with Crippen molar-refractivity contribution in [2.75, 3.05) is 18.4 Å². The Morgan fingerprint density at radius 2 is 1.59 bits per heavy atom. The number of hydrogen-bond donors (Lipinski definition) is 2. The number of hydrogen-bond acceptors (Lipinski definition) is 3. The maximum atomic E-state index is 12.5. The first kappa shape index (κ1) is 21.1. The summed E-state index contributed by atoms with van der Waals surface area (Å²) in [6.07, 6.45) is 1.34. The Morgan fingerprint density at radius 1 is 1.00 bits per heavy atom. The fourth-order valence-electron chi connectivity index (χ4n) is 3.43. The van der Waals surface area contributed by atoms with Crippen LogP contribution in [0.1, 0.15) is 55.1 Å². The van der Waals surface area contributed by atoms with Crippen molar-refractivity contribution < 1.29 is 14.7 Å². The van der Waals surface area contributed by atoms with Crippen molar-refractivity contribution in [3.63, 3.8) is 0 Å². The van der Waals surface area contributed by atoms with E-state index in [1.54, 1.807) is 0 Å². The Labute approximate surface area is 172 Å². The van der Waals surface area contributed by atoms with Crippen molar-refractivity contribution in [1.82, 2.24) is 4.90 Å². The highest BCUT2D eigenvalue weighted by atomic mass is 16.3. The lowest BCUT2D eigenvalue weighted by molar-refractivity contribution is -0.132. The van der Waals surface area contributed by atoms with Crippen molar-refractivity contribution in [2.24, 2.45) is 0 Å². The van der Waals surface area contributed by atoms with Gasteiger partial charge >= 0.3 is 0 Å². The van der Waals surface area contributed by atoms with Crippen LogP contribution in [0.5, 0.6) is 0 Å². The van der Waals surface area contributed by atoms with Gasteiger partial charge in [0.1, 0.15) is 0 Å². The number of nitrogens with zero attached hydrogens (tertiary/aromatic N) is 1. The number of benzene rings is 2. The van der Waals surface area contributed by atoms with E-state index in [1.807, 2.05) is 53.4 Å². The molecule has 5 nitrogen and oxygen atoms in total. The molecule has 2 N–H and O–H groups in total. The van der Waals surface area contributed by atoms with Gasteiger partial charge in [0.05, 0.1) is 12.5 Å². The van der Waals surface area contributed by atoms with Gasteiger partial charge in [0.15, 0.2) is 0 Å². The highest BCUT2D eigenvalue weighted by molar-refractivity contribution is 6.04.